The molecule has 2 heterocycles. The van der Waals surface area contributed by atoms with Gasteiger partial charge >= 0.3 is 30.2 Å². The molecule has 2 aliphatic rings. The van der Waals surface area contributed by atoms with Crippen molar-refractivity contribution in [3.8, 4) is 12.1 Å². The summed E-state index contributed by atoms with van der Waals surface area (Å²) in [6.45, 7) is 7.70. The van der Waals surface area contributed by atoms with Crippen LogP contribution in [0, 0.1) is 22.7 Å². The molecule has 22 heteroatoms. The van der Waals surface area contributed by atoms with Crippen LogP contribution in [0.1, 0.15) is 99.9 Å². The van der Waals surface area contributed by atoms with Crippen molar-refractivity contribution in [2.45, 2.75) is 78.2 Å². The third-order valence-corrected chi connectivity index (χ3v) is 12.6. The van der Waals surface area contributed by atoms with Crippen molar-refractivity contribution < 1.29 is 64.9 Å². The Kier molecular flexibility index (Phi) is 18.6. The molecule has 0 spiro atoms. The highest BCUT2D eigenvalue weighted by Crippen LogP contribution is 2.43. The molecule has 404 valence electrons. The van der Waals surface area contributed by atoms with E-state index in [2.05, 4.69) is 10.6 Å². The quantitative estimate of drug-likeness (QED) is 0.0484. The number of amides is 6. The number of urea groups is 2. The van der Waals surface area contributed by atoms with Crippen LogP contribution in [0.4, 0.5) is 42.9 Å². The minimum absolute atomic E-state index is 0.00653. The summed E-state index contributed by atoms with van der Waals surface area (Å²) in [5.74, 6) is -3.13. The summed E-state index contributed by atoms with van der Waals surface area (Å²) in [7, 11) is 0. The van der Waals surface area contributed by atoms with Crippen LogP contribution in [0.25, 0.3) is 0 Å². The zero-order valence-electron chi connectivity index (χ0n) is 42.9. The van der Waals surface area contributed by atoms with E-state index in [9.17, 15) is 61.2 Å². The molecule has 0 aliphatic carbocycles. The molecular weight excluding hydrogens is 1010 g/mol. The highest BCUT2D eigenvalue weighted by molar-refractivity contribution is 6.05. The van der Waals surface area contributed by atoms with Crippen LogP contribution in [0.2, 0.25) is 0 Å². The summed E-state index contributed by atoms with van der Waals surface area (Å²) in [5.41, 5.74) is -1.60. The number of carbonyl (C=O) groups is 6. The second-order valence-corrected chi connectivity index (χ2v) is 18.2. The fourth-order valence-electron chi connectivity index (χ4n) is 8.88. The molecule has 77 heavy (non-hydrogen) atoms. The van der Waals surface area contributed by atoms with Gasteiger partial charge in [0.15, 0.2) is 0 Å². The largest absolute Gasteiger partial charge is 0.463 e. The van der Waals surface area contributed by atoms with Crippen molar-refractivity contribution in [1.82, 2.24) is 20.4 Å². The smallest absolute Gasteiger partial charge is 0.416 e. The van der Waals surface area contributed by atoms with E-state index >= 15 is 0 Å². The van der Waals surface area contributed by atoms with Gasteiger partial charge in [-0.2, -0.15) is 23.7 Å². The van der Waals surface area contributed by atoms with E-state index in [4.69, 9.17) is 14.2 Å². The normalized spacial score (nSPS) is 16.1. The first-order valence-electron chi connectivity index (χ1n) is 24.3. The number of esters is 2. The van der Waals surface area contributed by atoms with Crippen LogP contribution in [0.5, 0.6) is 0 Å². The van der Waals surface area contributed by atoms with Gasteiger partial charge in [0.05, 0.1) is 88.9 Å². The Morgan fingerprint density at radius 3 is 1.53 bits per heavy atom. The molecule has 0 aromatic heterocycles. The number of alkyl halides is 5. The standard InChI is InChI=1S/C55H55F5N8O9/c1-7-75-50(71)45-33(3)67(41-13-9-11-39(27-41)49(56)57)52(73)65(47(45)37-19-15-35(29-61)16-20-37)31-43(69)63-24-23-54(5,6)77-26-25-64-44(70)32-66-48(38-21-17-36(30-62)18-22-38)46(51(72)76-8-2)34(4)68(53(66)74)42-14-10-12-40(28-42)55(58,59)60/h9-22,27-28,47-49H,7-8,23-26,31-32H2,1-6H3,(H,63,69)(H,64,70). The first-order chi connectivity index (χ1) is 36.5. The van der Waals surface area contributed by atoms with Gasteiger partial charge in [0.2, 0.25) is 11.8 Å². The number of ether oxygens (including phenoxy) is 3. The average Bonchev–Trinajstić information content (AvgIpc) is 3.41. The molecule has 2 unspecified atom stereocenters. The molecule has 4 aromatic rings. The molecule has 4 aromatic carbocycles. The molecule has 6 rings (SSSR count). The summed E-state index contributed by atoms with van der Waals surface area (Å²) in [4.78, 5) is 88.2. The Balaban J connectivity index is 1.15. The SMILES string of the molecule is CCOC(=O)C1=C(C)N(c2cccc(C(F)(F)F)c2)C(=O)N(CC(=O)NCCOC(C)(C)CCNC(=O)CN2C(=O)N(c3cccc(C(F)F)c3)C(C)=C(C(=O)OCC)C2c2ccc(C#N)cc2)C1c1ccc(C#N)cc1. The number of hydrogen-bond acceptors (Lipinski definition) is 11. The van der Waals surface area contributed by atoms with E-state index in [1.165, 1.54) is 86.6 Å². The van der Waals surface area contributed by atoms with Gasteiger partial charge in [-0.3, -0.25) is 19.4 Å². The Hall–Kier alpha value is -8.63. The van der Waals surface area contributed by atoms with E-state index in [1.54, 1.807) is 27.7 Å². The highest BCUT2D eigenvalue weighted by Gasteiger charge is 2.46. The lowest BCUT2D eigenvalue weighted by molar-refractivity contribution is -0.140. The highest BCUT2D eigenvalue weighted by atomic mass is 19.4. The Morgan fingerprint density at radius 1 is 0.662 bits per heavy atom. The van der Waals surface area contributed by atoms with Crippen LogP contribution in [-0.4, -0.2) is 97.2 Å². The van der Waals surface area contributed by atoms with Gasteiger partial charge in [0.1, 0.15) is 13.1 Å². The third kappa shape index (κ3) is 13.4. The van der Waals surface area contributed by atoms with E-state index < -0.39 is 84.8 Å². The summed E-state index contributed by atoms with van der Waals surface area (Å²) in [6.07, 6.45) is -7.48. The van der Waals surface area contributed by atoms with E-state index in [-0.39, 0.29) is 89.9 Å². The van der Waals surface area contributed by atoms with Crippen LogP contribution in [0.3, 0.4) is 0 Å². The van der Waals surface area contributed by atoms with Crippen LogP contribution in [0.15, 0.2) is 120 Å². The lowest BCUT2D eigenvalue weighted by atomic mass is 9.92. The fraction of sp³-hybridized carbons (Fsp3) is 0.345. The van der Waals surface area contributed by atoms with Crippen LogP contribution < -0.4 is 20.4 Å². The lowest BCUT2D eigenvalue weighted by Crippen LogP contribution is -2.54. The minimum Gasteiger partial charge on any atom is -0.463 e. The Morgan fingerprint density at radius 2 is 1.10 bits per heavy atom. The van der Waals surface area contributed by atoms with Crippen molar-refractivity contribution in [3.63, 3.8) is 0 Å². The van der Waals surface area contributed by atoms with Crippen LogP contribution in [-0.2, 0) is 39.6 Å². The molecule has 0 saturated carbocycles. The fourth-order valence-corrected chi connectivity index (χ4v) is 8.88. The second kappa shape index (κ2) is 24.8. The summed E-state index contributed by atoms with van der Waals surface area (Å²) in [5, 5.41) is 24.4. The van der Waals surface area contributed by atoms with Crippen molar-refractivity contribution >= 4 is 47.2 Å². The second-order valence-electron chi connectivity index (χ2n) is 18.2. The van der Waals surface area contributed by atoms with E-state index in [0.717, 1.165) is 43.9 Å². The van der Waals surface area contributed by atoms with Crippen molar-refractivity contribution in [2.24, 2.45) is 0 Å². The molecule has 6 amide bonds. The number of nitrogens with one attached hydrogen (secondary N) is 2. The molecule has 0 radical (unpaired) electrons. The van der Waals surface area contributed by atoms with Gasteiger partial charge in [-0.1, -0.05) is 42.5 Å². The number of allylic oxidation sites excluding steroid dienone is 2. The number of anilines is 2. The summed E-state index contributed by atoms with van der Waals surface area (Å²) < 4.78 is 86.3. The Bertz CT molecular complexity index is 3040. The van der Waals surface area contributed by atoms with E-state index in [1.807, 2.05) is 12.1 Å². The molecule has 0 bridgehead atoms. The van der Waals surface area contributed by atoms with Crippen LogP contribution >= 0.6 is 0 Å². The monoisotopic (exact) mass is 1070 g/mol. The number of nitrogens with zero attached hydrogens (tertiary/aromatic N) is 6. The Labute approximate surface area is 441 Å². The van der Waals surface area contributed by atoms with Gasteiger partial charge < -0.3 is 34.6 Å². The number of hydrogen-bond donors (Lipinski definition) is 2. The maximum Gasteiger partial charge on any atom is 0.416 e. The topological polar surface area (TPSA) is 215 Å². The van der Waals surface area contributed by atoms with Gasteiger partial charge in [-0.15, -0.1) is 0 Å². The zero-order chi connectivity index (χ0) is 56.4. The number of nitriles is 2. The molecule has 2 N–H and O–H groups in total. The first-order valence-corrected chi connectivity index (χ1v) is 24.3. The molecule has 17 nitrogen and oxygen atoms in total. The lowest BCUT2D eigenvalue weighted by Gasteiger charge is -2.42. The molecule has 0 fully saturated rings. The summed E-state index contributed by atoms with van der Waals surface area (Å²) in [6, 6.07) is 20.6. The molecular formula is C55H55F5N8O9. The average molecular weight is 1070 g/mol. The van der Waals surface area contributed by atoms with Gasteiger partial charge in [-0.25, -0.2) is 28.0 Å². The predicted octanol–water partition coefficient (Wildman–Crippen LogP) is 9.15. The maximum atomic E-state index is 14.5. The molecule has 2 atom stereocenters. The van der Waals surface area contributed by atoms with E-state index in [0.29, 0.717) is 11.1 Å². The predicted molar refractivity (Wildman–Crippen MR) is 269 cm³/mol. The van der Waals surface area contributed by atoms with Gasteiger partial charge in [0.25, 0.3) is 6.43 Å². The number of halogens is 5. The number of rotatable bonds is 20. The number of carbonyl (C=O) groups excluding carboxylic acids is 6. The first kappa shape index (κ1) is 57.6. The maximum absolute atomic E-state index is 14.5. The summed E-state index contributed by atoms with van der Waals surface area (Å²) >= 11 is 0. The van der Waals surface area contributed by atoms with Crippen molar-refractivity contribution in [3.05, 3.63) is 153 Å². The minimum atomic E-state index is -4.78. The number of benzene rings is 4. The molecule has 0 saturated heterocycles. The van der Waals surface area contributed by atoms with Gasteiger partial charge in [0, 0.05) is 30.0 Å². The van der Waals surface area contributed by atoms with Crippen molar-refractivity contribution in [1.29, 1.82) is 10.5 Å². The molecule has 2 aliphatic heterocycles. The van der Waals surface area contributed by atoms with Crippen molar-refractivity contribution in [2.75, 3.05) is 55.8 Å². The zero-order valence-corrected chi connectivity index (χ0v) is 42.9. The third-order valence-electron chi connectivity index (χ3n) is 12.6. The van der Waals surface area contributed by atoms with Gasteiger partial charge in [-0.05, 0) is 114 Å².